The van der Waals surface area contributed by atoms with E-state index in [1.807, 2.05) is 0 Å². The van der Waals surface area contributed by atoms with Crippen LogP contribution in [-0.2, 0) is 12.2 Å². The van der Waals surface area contributed by atoms with E-state index in [-0.39, 0.29) is 29.0 Å². The molecule has 0 atom stereocenters. The molecule has 1 N–H and O–H groups in total. The lowest BCUT2D eigenvalue weighted by molar-refractivity contribution is 0.0686. The normalized spacial score (nSPS) is 11.7. The fourth-order valence-corrected chi connectivity index (χ4v) is 3.62. The van der Waals surface area contributed by atoms with E-state index in [9.17, 15) is 14.3 Å². The van der Waals surface area contributed by atoms with Gasteiger partial charge in [0.1, 0.15) is 35.7 Å². The third-order valence-corrected chi connectivity index (χ3v) is 5.53. The Kier molecular flexibility index (Phi) is 6.44. The zero-order valence-electron chi connectivity index (χ0n) is 19.8. The van der Waals surface area contributed by atoms with Crippen LogP contribution in [0.4, 0.5) is 4.39 Å². The summed E-state index contributed by atoms with van der Waals surface area (Å²) in [6.07, 6.45) is 2.45. The fourth-order valence-electron chi connectivity index (χ4n) is 3.44. The Hall–Kier alpha value is -3.63. The Labute approximate surface area is 205 Å². The summed E-state index contributed by atoms with van der Waals surface area (Å²) in [4.78, 5) is 29.8. The molecule has 35 heavy (non-hydrogen) atoms. The molecule has 3 heterocycles. The predicted octanol–water partition coefficient (Wildman–Crippen LogP) is 4.20. The van der Waals surface area contributed by atoms with Gasteiger partial charge >= 0.3 is 0 Å². The van der Waals surface area contributed by atoms with Crippen molar-refractivity contribution in [3.8, 4) is 22.8 Å². The quantitative estimate of drug-likeness (QED) is 0.419. The highest BCUT2D eigenvalue weighted by Gasteiger charge is 2.23. The van der Waals surface area contributed by atoms with Crippen molar-refractivity contribution in [2.24, 2.45) is 0 Å². The third kappa shape index (κ3) is 4.94. The molecule has 0 unspecified atom stereocenters. The minimum atomic E-state index is -1.36. The highest BCUT2D eigenvalue weighted by Crippen LogP contribution is 2.28. The van der Waals surface area contributed by atoms with E-state index in [0.29, 0.717) is 28.7 Å². The second-order valence-electron chi connectivity index (χ2n) is 8.52. The van der Waals surface area contributed by atoms with Crippen LogP contribution in [0.15, 0.2) is 39.9 Å². The number of oxazole rings is 1. The van der Waals surface area contributed by atoms with Crippen molar-refractivity contribution in [3.63, 3.8) is 0 Å². The van der Waals surface area contributed by atoms with Gasteiger partial charge in [-0.2, -0.15) is 4.98 Å². The van der Waals surface area contributed by atoms with Crippen LogP contribution < -0.4 is 10.3 Å². The molecule has 0 amide bonds. The first kappa shape index (κ1) is 24.5. The molecule has 0 saturated carbocycles. The standard InChI is InChI=1S/C24H23ClFN5O4/c1-12-6-7-15(20-17(26)9-27-23(30-20)24(4,5)33)8-18(12)31-13(2)28-21(19(25)22(31)32)35-11-16-10-34-14(3)29-16/h6-10,33H,11H2,1-5H3. The van der Waals surface area contributed by atoms with Crippen molar-refractivity contribution in [1.29, 1.82) is 0 Å². The van der Waals surface area contributed by atoms with E-state index in [0.717, 1.165) is 11.8 Å². The lowest BCUT2D eigenvalue weighted by Gasteiger charge is -2.18. The molecule has 0 bridgehead atoms. The summed E-state index contributed by atoms with van der Waals surface area (Å²) in [5.41, 5.74) is 0.170. The van der Waals surface area contributed by atoms with Gasteiger partial charge in [-0.1, -0.05) is 23.7 Å². The lowest BCUT2D eigenvalue weighted by atomic mass is 10.1. The van der Waals surface area contributed by atoms with Crippen LogP contribution in [0.25, 0.3) is 16.9 Å². The van der Waals surface area contributed by atoms with Crippen molar-refractivity contribution >= 4 is 11.6 Å². The molecule has 3 aromatic heterocycles. The van der Waals surface area contributed by atoms with Crippen LogP contribution in [0.2, 0.25) is 5.02 Å². The summed E-state index contributed by atoms with van der Waals surface area (Å²) in [7, 11) is 0. The topological polar surface area (TPSA) is 116 Å². The Morgan fingerprint density at radius 1 is 1.20 bits per heavy atom. The average molecular weight is 500 g/mol. The summed E-state index contributed by atoms with van der Waals surface area (Å²) in [5.74, 6) is 0.167. The van der Waals surface area contributed by atoms with E-state index in [4.69, 9.17) is 20.8 Å². The monoisotopic (exact) mass is 499 g/mol. The van der Waals surface area contributed by atoms with E-state index < -0.39 is 17.0 Å². The van der Waals surface area contributed by atoms with Crippen molar-refractivity contribution in [3.05, 3.63) is 80.6 Å². The van der Waals surface area contributed by atoms with Gasteiger partial charge in [0.2, 0.25) is 5.88 Å². The maximum Gasteiger partial charge on any atom is 0.280 e. The Bertz CT molecular complexity index is 1480. The molecular weight excluding hydrogens is 477 g/mol. The summed E-state index contributed by atoms with van der Waals surface area (Å²) in [6.45, 7) is 8.18. The maximum atomic E-state index is 14.6. The first-order chi connectivity index (χ1) is 16.5. The number of benzene rings is 1. The van der Waals surface area contributed by atoms with Crippen LogP contribution in [-0.4, -0.2) is 29.6 Å². The number of ether oxygens (including phenoxy) is 1. The summed E-state index contributed by atoms with van der Waals surface area (Å²) < 4.78 is 26.7. The van der Waals surface area contributed by atoms with E-state index in [1.165, 1.54) is 24.7 Å². The van der Waals surface area contributed by atoms with Gasteiger partial charge in [-0.15, -0.1) is 0 Å². The molecule has 9 nitrogen and oxygen atoms in total. The van der Waals surface area contributed by atoms with E-state index >= 15 is 0 Å². The number of halogens is 2. The number of hydrogen-bond donors (Lipinski definition) is 1. The van der Waals surface area contributed by atoms with E-state index in [1.54, 1.807) is 39.0 Å². The molecule has 182 valence electrons. The second kappa shape index (κ2) is 9.20. The smallest absolute Gasteiger partial charge is 0.280 e. The largest absolute Gasteiger partial charge is 0.470 e. The number of aromatic nitrogens is 5. The molecule has 0 saturated heterocycles. The molecule has 0 spiro atoms. The van der Waals surface area contributed by atoms with Gasteiger partial charge in [-0.3, -0.25) is 9.36 Å². The third-order valence-electron chi connectivity index (χ3n) is 5.20. The molecule has 0 fully saturated rings. The molecule has 0 radical (unpaired) electrons. The van der Waals surface area contributed by atoms with Gasteiger partial charge in [0.15, 0.2) is 22.6 Å². The van der Waals surface area contributed by atoms with Crippen molar-refractivity contribution in [2.75, 3.05) is 0 Å². The van der Waals surface area contributed by atoms with Crippen molar-refractivity contribution in [1.82, 2.24) is 24.5 Å². The molecule has 11 heteroatoms. The zero-order valence-corrected chi connectivity index (χ0v) is 20.5. The summed E-state index contributed by atoms with van der Waals surface area (Å²) >= 11 is 6.32. The predicted molar refractivity (Wildman–Crippen MR) is 126 cm³/mol. The van der Waals surface area contributed by atoms with Crippen molar-refractivity contribution < 1.29 is 18.7 Å². The van der Waals surface area contributed by atoms with Gasteiger partial charge < -0.3 is 14.3 Å². The molecular formula is C24H23ClFN5O4. The molecule has 4 rings (SSSR count). The van der Waals surface area contributed by atoms with Crippen molar-refractivity contribution in [2.45, 2.75) is 46.8 Å². The minimum Gasteiger partial charge on any atom is -0.470 e. The summed E-state index contributed by atoms with van der Waals surface area (Å²) in [6, 6.07) is 5.01. The fraction of sp³-hybridized carbons (Fsp3) is 0.292. The van der Waals surface area contributed by atoms with Crippen LogP contribution in [0.1, 0.15) is 42.6 Å². The van der Waals surface area contributed by atoms with Gasteiger partial charge in [0.05, 0.1) is 11.9 Å². The molecule has 0 aliphatic heterocycles. The molecule has 0 aliphatic rings. The average Bonchev–Trinajstić information content (AvgIpc) is 3.21. The number of rotatable bonds is 6. The Morgan fingerprint density at radius 2 is 1.94 bits per heavy atom. The first-order valence-corrected chi connectivity index (χ1v) is 11.0. The molecule has 4 aromatic rings. The minimum absolute atomic E-state index is 0.00834. The second-order valence-corrected chi connectivity index (χ2v) is 8.89. The molecule has 1 aromatic carbocycles. The van der Waals surface area contributed by atoms with Crippen LogP contribution >= 0.6 is 11.6 Å². The van der Waals surface area contributed by atoms with Crippen LogP contribution in [0, 0.1) is 26.6 Å². The Morgan fingerprint density at radius 3 is 2.60 bits per heavy atom. The Balaban J connectivity index is 1.76. The number of aryl methyl sites for hydroxylation is 3. The maximum absolute atomic E-state index is 14.6. The van der Waals surface area contributed by atoms with Gasteiger partial charge in [-0.25, -0.2) is 19.3 Å². The summed E-state index contributed by atoms with van der Waals surface area (Å²) in [5, 5.41) is 10.0. The highest BCUT2D eigenvalue weighted by molar-refractivity contribution is 6.31. The van der Waals surface area contributed by atoms with Crippen LogP contribution in [0.3, 0.4) is 0 Å². The highest BCUT2D eigenvalue weighted by atomic mass is 35.5. The van der Waals surface area contributed by atoms with E-state index in [2.05, 4.69) is 19.9 Å². The molecule has 0 aliphatic carbocycles. The first-order valence-electron chi connectivity index (χ1n) is 10.7. The van der Waals surface area contributed by atoms with Crippen LogP contribution in [0.5, 0.6) is 5.88 Å². The number of nitrogens with zero attached hydrogens (tertiary/aromatic N) is 5. The lowest BCUT2D eigenvalue weighted by Crippen LogP contribution is -2.24. The van der Waals surface area contributed by atoms with Gasteiger partial charge in [-0.05, 0) is 39.3 Å². The number of hydrogen-bond acceptors (Lipinski definition) is 8. The van der Waals surface area contributed by atoms with Gasteiger partial charge in [0, 0.05) is 12.5 Å². The van der Waals surface area contributed by atoms with Gasteiger partial charge in [0.25, 0.3) is 5.56 Å². The number of aliphatic hydroxyl groups is 1. The zero-order chi connectivity index (χ0) is 25.5. The SMILES string of the molecule is Cc1nc(COc2nc(C)n(-c3cc(-c4nc(C(C)(C)O)ncc4F)ccc3C)c(=O)c2Cl)co1.